The van der Waals surface area contributed by atoms with Crippen molar-refractivity contribution < 1.29 is 13.9 Å². The number of carbonyl (C=O) groups excluding carboxylic acids is 1. The van der Waals surface area contributed by atoms with Crippen molar-refractivity contribution in [1.82, 2.24) is 0 Å². The van der Waals surface area contributed by atoms with Gasteiger partial charge in [0.25, 0.3) is 0 Å². The van der Waals surface area contributed by atoms with Gasteiger partial charge in [0.05, 0.1) is 12.7 Å². The summed E-state index contributed by atoms with van der Waals surface area (Å²) in [6.07, 6.45) is 0. The minimum Gasteiger partial charge on any atom is -0.465 e. The number of hydrogen-bond acceptors (Lipinski definition) is 3. The highest BCUT2D eigenvalue weighted by Crippen LogP contribution is 2.10. The number of nitrogens with two attached hydrogens (primary N) is 1. The molecule has 1 rings (SSSR count). The lowest BCUT2D eigenvalue weighted by Crippen LogP contribution is -2.05. The van der Waals surface area contributed by atoms with Crippen molar-refractivity contribution in [3.63, 3.8) is 0 Å². The second-order valence-electron chi connectivity index (χ2n) is 2.50. The molecule has 1 aromatic rings. The van der Waals surface area contributed by atoms with Crippen molar-refractivity contribution in [3.05, 3.63) is 35.1 Å². The van der Waals surface area contributed by atoms with Crippen LogP contribution >= 0.6 is 12.4 Å². The molecule has 3 nitrogen and oxygen atoms in total. The summed E-state index contributed by atoms with van der Waals surface area (Å²) in [5.74, 6) is -0.898. The maximum atomic E-state index is 12.9. The van der Waals surface area contributed by atoms with E-state index in [9.17, 15) is 9.18 Å². The zero-order valence-corrected chi connectivity index (χ0v) is 8.44. The lowest BCUT2D eigenvalue weighted by atomic mass is 10.1. The molecule has 0 heterocycles. The molecule has 14 heavy (non-hydrogen) atoms. The van der Waals surface area contributed by atoms with Gasteiger partial charge in [0, 0.05) is 12.1 Å². The maximum absolute atomic E-state index is 12.9. The number of esters is 1. The first-order valence-electron chi connectivity index (χ1n) is 3.76. The second kappa shape index (κ2) is 5.57. The predicted octanol–water partition coefficient (Wildman–Crippen LogP) is 1.49. The summed E-state index contributed by atoms with van der Waals surface area (Å²) < 4.78 is 17.4. The summed E-state index contributed by atoms with van der Waals surface area (Å²) >= 11 is 0. The second-order valence-corrected chi connectivity index (χ2v) is 2.50. The molecular formula is C9H11ClFNO2. The number of methoxy groups -OCH3 is 1. The van der Waals surface area contributed by atoms with E-state index in [1.807, 2.05) is 0 Å². The zero-order valence-electron chi connectivity index (χ0n) is 7.62. The quantitative estimate of drug-likeness (QED) is 0.767. The number of halogens is 2. The third-order valence-corrected chi connectivity index (χ3v) is 1.69. The van der Waals surface area contributed by atoms with Crippen LogP contribution in [0.4, 0.5) is 4.39 Å². The molecule has 0 radical (unpaired) electrons. The highest BCUT2D eigenvalue weighted by molar-refractivity contribution is 5.89. The Labute approximate surface area is 87.5 Å². The molecule has 0 spiro atoms. The first kappa shape index (κ1) is 12.9. The fraction of sp³-hybridized carbons (Fsp3) is 0.222. The van der Waals surface area contributed by atoms with Crippen LogP contribution in [0.5, 0.6) is 0 Å². The summed E-state index contributed by atoms with van der Waals surface area (Å²) in [7, 11) is 1.27. The molecule has 0 fully saturated rings. The third-order valence-electron chi connectivity index (χ3n) is 1.69. The standard InChI is InChI=1S/C9H10FNO2.ClH/c1-13-9(12)6-2-3-8(10)7(4-6)5-11;/h2-4H,5,11H2,1H3;1H. The molecule has 0 amide bonds. The Morgan fingerprint density at radius 3 is 2.71 bits per heavy atom. The molecule has 0 aliphatic carbocycles. The molecule has 0 aromatic heterocycles. The average molecular weight is 220 g/mol. The van der Waals surface area contributed by atoms with E-state index in [1.165, 1.54) is 25.3 Å². The van der Waals surface area contributed by atoms with Crippen molar-refractivity contribution in [3.8, 4) is 0 Å². The number of benzene rings is 1. The van der Waals surface area contributed by atoms with E-state index < -0.39 is 11.8 Å². The van der Waals surface area contributed by atoms with Crippen LogP contribution in [0.15, 0.2) is 18.2 Å². The fourth-order valence-electron chi connectivity index (χ4n) is 0.976. The molecule has 5 heteroatoms. The summed E-state index contributed by atoms with van der Waals surface area (Å²) in [5.41, 5.74) is 5.89. The summed E-state index contributed by atoms with van der Waals surface area (Å²) in [6, 6.07) is 3.95. The molecule has 0 saturated carbocycles. The summed E-state index contributed by atoms with van der Waals surface area (Å²) in [5, 5.41) is 0. The Morgan fingerprint density at radius 1 is 1.57 bits per heavy atom. The Bertz CT molecular complexity index is 331. The maximum Gasteiger partial charge on any atom is 0.337 e. The monoisotopic (exact) mass is 219 g/mol. The Balaban J connectivity index is 0.00000169. The van der Waals surface area contributed by atoms with Crippen molar-refractivity contribution in [2.24, 2.45) is 5.73 Å². The van der Waals surface area contributed by atoms with E-state index in [2.05, 4.69) is 4.74 Å². The fourth-order valence-corrected chi connectivity index (χ4v) is 0.976. The molecule has 0 atom stereocenters. The van der Waals surface area contributed by atoms with Crippen molar-refractivity contribution >= 4 is 18.4 Å². The van der Waals surface area contributed by atoms with Gasteiger partial charge in [-0.15, -0.1) is 12.4 Å². The van der Waals surface area contributed by atoms with Gasteiger partial charge in [-0.2, -0.15) is 0 Å². The van der Waals surface area contributed by atoms with Crippen molar-refractivity contribution in [2.45, 2.75) is 6.54 Å². The van der Waals surface area contributed by atoms with E-state index >= 15 is 0 Å². The molecule has 0 unspecified atom stereocenters. The van der Waals surface area contributed by atoms with Crippen molar-refractivity contribution in [2.75, 3.05) is 7.11 Å². The summed E-state index contributed by atoms with van der Waals surface area (Å²) in [4.78, 5) is 11.0. The number of carbonyl (C=O) groups is 1. The first-order valence-corrected chi connectivity index (χ1v) is 3.76. The topological polar surface area (TPSA) is 52.3 Å². The van der Waals surface area contributed by atoms with Gasteiger partial charge in [0.2, 0.25) is 0 Å². The number of ether oxygens (including phenoxy) is 1. The van der Waals surface area contributed by atoms with Crippen LogP contribution < -0.4 is 5.73 Å². The van der Waals surface area contributed by atoms with E-state index in [4.69, 9.17) is 5.73 Å². The highest BCUT2D eigenvalue weighted by Gasteiger charge is 2.08. The minimum atomic E-state index is -0.491. The third kappa shape index (κ3) is 2.68. The first-order chi connectivity index (χ1) is 6.19. The van der Waals surface area contributed by atoms with Gasteiger partial charge < -0.3 is 10.5 Å². The van der Waals surface area contributed by atoms with E-state index in [0.717, 1.165) is 0 Å². The predicted molar refractivity (Wildman–Crippen MR) is 52.9 cm³/mol. The van der Waals surface area contributed by atoms with Gasteiger partial charge in [-0.3, -0.25) is 0 Å². The van der Waals surface area contributed by atoms with Crippen LogP contribution in [-0.2, 0) is 11.3 Å². The summed E-state index contributed by atoms with van der Waals surface area (Å²) in [6.45, 7) is 0.0661. The van der Waals surface area contributed by atoms with Crippen molar-refractivity contribution in [1.29, 1.82) is 0 Å². The van der Waals surface area contributed by atoms with E-state index in [1.54, 1.807) is 0 Å². The van der Waals surface area contributed by atoms with Crippen LogP contribution in [0.2, 0.25) is 0 Å². The largest absolute Gasteiger partial charge is 0.465 e. The Morgan fingerprint density at radius 2 is 2.21 bits per heavy atom. The van der Waals surface area contributed by atoms with Crippen LogP contribution in [-0.4, -0.2) is 13.1 Å². The van der Waals surface area contributed by atoms with Crippen LogP contribution in [0.25, 0.3) is 0 Å². The number of rotatable bonds is 2. The molecule has 1 aromatic carbocycles. The lowest BCUT2D eigenvalue weighted by molar-refractivity contribution is 0.0600. The van der Waals surface area contributed by atoms with Crippen LogP contribution in [0.1, 0.15) is 15.9 Å². The normalized spacial score (nSPS) is 9.07. The molecule has 0 saturated heterocycles. The van der Waals surface area contributed by atoms with Gasteiger partial charge in [0.15, 0.2) is 0 Å². The molecule has 0 aliphatic heterocycles. The van der Waals surface area contributed by atoms with Gasteiger partial charge in [0.1, 0.15) is 5.82 Å². The van der Waals surface area contributed by atoms with Gasteiger partial charge >= 0.3 is 5.97 Å². The number of hydrogen-bond donors (Lipinski definition) is 1. The van der Waals surface area contributed by atoms with Gasteiger partial charge in [-0.05, 0) is 18.2 Å². The lowest BCUT2D eigenvalue weighted by Gasteiger charge is -2.02. The Hall–Kier alpha value is -1.13. The SMILES string of the molecule is COC(=O)c1ccc(F)c(CN)c1.Cl. The Kier molecular flexibility index (Phi) is 5.12. The smallest absolute Gasteiger partial charge is 0.337 e. The molecular weight excluding hydrogens is 209 g/mol. The van der Waals surface area contributed by atoms with E-state index in [-0.39, 0.29) is 19.0 Å². The molecule has 2 N–H and O–H groups in total. The molecule has 0 bridgehead atoms. The molecule has 78 valence electrons. The zero-order chi connectivity index (χ0) is 9.84. The minimum absolute atomic E-state index is 0. The van der Waals surface area contributed by atoms with Crippen LogP contribution in [0.3, 0.4) is 0 Å². The highest BCUT2D eigenvalue weighted by atomic mass is 35.5. The van der Waals surface area contributed by atoms with Gasteiger partial charge in [-0.1, -0.05) is 0 Å². The average Bonchev–Trinajstić information content (AvgIpc) is 2.17. The van der Waals surface area contributed by atoms with Gasteiger partial charge in [-0.25, -0.2) is 9.18 Å². The molecule has 0 aliphatic rings. The van der Waals surface area contributed by atoms with Crippen LogP contribution in [0, 0.1) is 5.82 Å². The van der Waals surface area contributed by atoms with E-state index in [0.29, 0.717) is 11.1 Å².